The van der Waals surface area contributed by atoms with E-state index in [0.717, 1.165) is 12.8 Å². The number of phenols is 1. The van der Waals surface area contributed by atoms with E-state index in [2.05, 4.69) is 62.3 Å². The summed E-state index contributed by atoms with van der Waals surface area (Å²) in [5.74, 6) is 0.178. The first-order valence-corrected chi connectivity index (χ1v) is 13.2. The van der Waals surface area contributed by atoms with Gasteiger partial charge in [0.05, 0.1) is 14.2 Å². The summed E-state index contributed by atoms with van der Waals surface area (Å²) in [6.45, 7) is 21.1. The minimum absolute atomic E-state index is 0.0160. The van der Waals surface area contributed by atoms with Gasteiger partial charge in [0.1, 0.15) is 10.6 Å². The number of aromatic hydroxyl groups is 1. The molecule has 7 heteroatoms. The van der Waals surface area contributed by atoms with Crippen LogP contribution >= 0.6 is 0 Å². The third kappa shape index (κ3) is 6.56. The molecule has 1 atom stereocenters. The topological polar surface area (TPSA) is 93.1 Å². The Bertz CT molecular complexity index is 937. The quantitative estimate of drug-likeness (QED) is 0.352. The average molecular weight is 487 g/mol. The zero-order valence-electron chi connectivity index (χ0n) is 22.7. The molecule has 1 unspecified atom stereocenters. The zero-order valence-corrected chi connectivity index (χ0v) is 23.5. The Morgan fingerprint density at radius 2 is 1.39 bits per heavy atom. The zero-order chi connectivity index (χ0) is 26.2. The molecule has 0 heterocycles. The van der Waals surface area contributed by atoms with Crippen molar-refractivity contribution >= 4 is 10.1 Å². The molecule has 6 nitrogen and oxygen atoms in total. The van der Waals surface area contributed by atoms with Crippen LogP contribution < -0.4 is 9.47 Å². The van der Waals surface area contributed by atoms with Crippen LogP contribution in [0, 0.1) is 22.2 Å². The van der Waals surface area contributed by atoms with E-state index in [-0.39, 0.29) is 39.9 Å². The molecule has 0 aliphatic rings. The molecule has 1 aromatic carbocycles. The lowest BCUT2D eigenvalue weighted by Gasteiger charge is -2.49. The van der Waals surface area contributed by atoms with Gasteiger partial charge in [-0.2, -0.15) is 8.42 Å². The second-order valence-corrected chi connectivity index (χ2v) is 13.6. The monoisotopic (exact) mass is 486 g/mol. The van der Waals surface area contributed by atoms with Crippen LogP contribution in [0.15, 0.2) is 4.90 Å². The van der Waals surface area contributed by atoms with Crippen LogP contribution in [0.4, 0.5) is 0 Å². The number of benzene rings is 1. The van der Waals surface area contributed by atoms with Gasteiger partial charge in [0.15, 0.2) is 11.5 Å². The maximum Gasteiger partial charge on any atom is 0.298 e. The SMILES string of the molecule is CCc1c(OC)c(OC)c(C(C(C)(C)CC(C)C)C(C)(C)CC(C)(C)C)c(O)c1S(=O)(=O)O. The fraction of sp³-hybridized carbons (Fsp3) is 0.769. The fourth-order valence-electron chi connectivity index (χ4n) is 6.50. The van der Waals surface area contributed by atoms with Crippen LogP contribution in [0.3, 0.4) is 0 Å². The van der Waals surface area contributed by atoms with Gasteiger partial charge < -0.3 is 14.6 Å². The van der Waals surface area contributed by atoms with Crippen molar-refractivity contribution in [2.24, 2.45) is 22.2 Å². The highest BCUT2D eigenvalue weighted by atomic mass is 32.2. The lowest BCUT2D eigenvalue weighted by atomic mass is 9.56. The molecule has 1 rings (SSSR count). The van der Waals surface area contributed by atoms with Crippen LogP contribution in [0.1, 0.15) is 99.1 Å². The molecule has 0 aliphatic heterocycles. The number of phenolic OH excluding ortho intramolecular Hbond substituents is 1. The molecule has 0 aliphatic carbocycles. The van der Waals surface area contributed by atoms with E-state index >= 15 is 0 Å². The van der Waals surface area contributed by atoms with Crippen molar-refractivity contribution in [1.82, 2.24) is 0 Å². The van der Waals surface area contributed by atoms with Crippen molar-refractivity contribution in [2.45, 2.75) is 99.3 Å². The summed E-state index contributed by atoms with van der Waals surface area (Å²) in [4.78, 5) is -0.491. The highest BCUT2D eigenvalue weighted by Gasteiger charge is 2.48. The molecule has 0 amide bonds. The normalized spacial score (nSPS) is 14.5. The molecule has 0 saturated carbocycles. The highest BCUT2D eigenvalue weighted by Crippen LogP contribution is 2.61. The fourth-order valence-corrected chi connectivity index (χ4v) is 7.40. The molecule has 0 bridgehead atoms. The van der Waals surface area contributed by atoms with E-state index in [1.54, 1.807) is 6.92 Å². The molecule has 0 radical (unpaired) electrons. The summed E-state index contributed by atoms with van der Waals surface area (Å²) in [5, 5.41) is 11.5. The van der Waals surface area contributed by atoms with Crippen molar-refractivity contribution in [3.05, 3.63) is 11.1 Å². The minimum Gasteiger partial charge on any atom is -0.506 e. The summed E-state index contributed by atoms with van der Waals surface area (Å²) in [5.41, 5.74) is -0.150. The lowest BCUT2D eigenvalue weighted by molar-refractivity contribution is 0.0748. The Morgan fingerprint density at radius 3 is 1.73 bits per heavy atom. The predicted molar refractivity (Wildman–Crippen MR) is 134 cm³/mol. The van der Waals surface area contributed by atoms with Crippen molar-refractivity contribution in [3.63, 3.8) is 0 Å². The van der Waals surface area contributed by atoms with E-state index in [4.69, 9.17) is 9.47 Å². The van der Waals surface area contributed by atoms with Crippen LogP contribution in [0.5, 0.6) is 17.2 Å². The van der Waals surface area contributed by atoms with Gasteiger partial charge in [-0.1, -0.05) is 69.2 Å². The van der Waals surface area contributed by atoms with Crippen LogP contribution in [0.2, 0.25) is 0 Å². The van der Waals surface area contributed by atoms with E-state index in [1.165, 1.54) is 14.2 Å². The first-order valence-electron chi connectivity index (χ1n) is 11.7. The van der Waals surface area contributed by atoms with E-state index < -0.39 is 20.8 Å². The Kier molecular flexibility index (Phi) is 8.98. The highest BCUT2D eigenvalue weighted by molar-refractivity contribution is 7.86. The second-order valence-electron chi connectivity index (χ2n) is 12.2. The van der Waals surface area contributed by atoms with E-state index in [1.807, 2.05) is 0 Å². The van der Waals surface area contributed by atoms with Gasteiger partial charge in [-0.15, -0.1) is 0 Å². The average Bonchev–Trinajstić information content (AvgIpc) is 2.57. The van der Waals surface area contributed by atoms with E-state index in [9.17, 15) is 18.1 Å². The van der Waals surface area contributed by atoms with Crippen molar-refractivity contribution in [3.8, 4) is 17.2 Å². The summed E-state index contributed by atoms with van der Waals surface area (Å²) >= 11 is 0. The Balaban J connectivity index is 4.29. The molecular formula is C26H46O6S. The molecule has 33 heavy (non-hydrogen) atoms. The molecule has 0 aromatic heterocycles. The minimum atomic E-state index is -4.72. The van der Waals surface area contributed by atoms with Crippen LogP contribution in [0.25, 0.3) is 0 Å². The number of hydrogen-bond donors (Lipinski definition) is 2. The van der Waals surface area contributed by atoms with Gasteiger partial charge >= 0.3 is 0 Å². The first kappa shape index (κ1) is 29.6. The van der Waals surface area contributed by atoms with Gasteiger partial charge in [0.2, 0.25) is 0 Å². The predicted octanol–water partition coefficient (Wildman–Crippen LogP) is 6.84. The maximum atomic E-state index is 12.5. The van der Waals surface area contributed by atoms with Gasteiger partial charge in [0.25, 0.3) is 10.1 Å². The first-order chi connectivity index (χ1) is 14.7. The van der Waals surface area contributed by atoms with Gasteiger partial charge in [0, 0.05) is 17.0 Å². The van der Waals surface area contributed by atoms with Gasteiger partial charge in [-0.25, -0.2) is 0 Å². The molecular weight excluding hydrogens is 440 g/mol. The molecule has 0 fully saturated rings. The largest absolute Gasteiger partial charge is 0.506 e. The summed E-state index contributed by atoms with van der Waals surface area (Å²) in [6, 6.07) is 0. The third-order valence-electron chi connectivity index (χ3n) is 6.26. The smallest absolute Gasteiger partial charge is 0.298 e. The third-order valence-corrected chi connectivity index (χ3v) is 7.22. The summed E-state index contributed by atoms with van der Waals surface area (Å²) < 4.78 is 46.5. The molecule has 2 N–H and O–H groups in total. The van der Waals surface area contributed by atoms with Crippen molar-refractivity contribution in [2.75, 3.05) is 14.2 Å². The van der Waals surface area contributed by atoms with Crippen LogP contribution in [-0.4, -0.2) is 32.3 Å². The number of hydrogen-bond acceptors (Lipinski definition) is 5. The van der Waals surface area contributed by atoms with E-state index in [0.29, 0.717) is 17.2 Å². The van der Waals surface area contributed by atoms with Gasteiger partial charge in [-0.05, 0) is 41.4 Å². The Hall–Kier alpha value is -1.47. The molecule has 1 aromatic rings. The van der Waals surface area contributed by atoms with Crippen LogP contribution in [-0.2, 0) is 16.5 Å². The molecule has 192 valence electrons. The lowest BCUT2D eigenvalue weighted by Crippen LogP contribution is -2.38. The number of methoxy groups -OCH3 is 2. The Labute approximate surface area is 201 Å². The summed E-state index contributed by atoms with van der Waals surface area (Å²) in [6.07, 6.45) is 1.88. The molecule has 0 saturated heterocycles. The van der Waals surface area contributed by atoms with Crippen molar-refractivity contribution in [1.29, 1.82) is 0 Å². The molecule has 0 spiro atoms. The standard InChI is InChI=1S/C26H46O6S/c1-13-17-20(31-11)21(32-12)18(19(27)22(17)33(28,29)30)23(25(7,8)14-16(2)3)26(9,10)15-24(4,5)6/h16,23,27H,13-15H2,1-12H3,(H,28,29,30). The number of rotatable bonds is 10. The Morgan fingerprint density at radius 1 is 0.909 bits per heavy atom. The van der Waals surface area contributed by atoms with Crippen molar-refractivity contribution < 1.29 is 27.6 Å². The maximum absolute atomic E-state index is 12.5. The van der Waals surface area contributed by atoms with Gasteiger partial charge in [-0.3, -0.25) is 4.55 Å². The summed E-state index contributed by atoms with van der Waals surface area (Å²) in [7, 11) is -1.78. The number of ether oxygens (including phenoxy) is 2. The second kappa shape index (κ2) is 10.0.